The Balaban J connectivity index is 1.74. The number of sulfonamides is 1. The zero-order valence-electron chi connectivity index (χ0n) is 17.3. The number of hydrogen-bond acceptors (Lipinski definition) is 6. The largest absolute Gasteiger partial charge is 0.403 e. The minimum absolute atomic E-state index is 0.0342. The van der Waals surface area contributed by atoms with Crippen molar-refractivity contribution in [3.8, 4) is 11.5 Å². The number of amides is 1. The molecule has 1 heterocycles. The fourth-order valence-corrected chi connectivity index (χ4v) is 4.38. The molecule has 0 saturated heterocycles. The number of aromatic nitrogens is 2. The van der Waals surface area contributed by atoms with Crippen LogP contribution in [-0.2, 0) is 10.0 Å². The molecular weight excluding hydrogens is 404 g/mol. The summed E-state index contributed by atoms with van der Waals surface area (Å²) in [5.74, 6) is -0.175. The van der Waals surface area contributed by atoms with E-state index in [1.165, 1.54) is 28.6 Å². The van der Waals surface area contributed by atoms with Gasteiger partial charge >= 0.3 is 6.01 Å². The van der Waals surface area contributed by atoms with E-state index in [9.17, 15) is 13.2 Å². The van der Waals surface area contributed by atoms with Crippen LogP contribution in [0.4, 0.5) is 6.01 Å². The van der Waals surface area contributed by atoms with E-state index in [-0.39, 0.29) is 16.5 Å². The molecule has 0 saturated carbocycles. The molecule has 0 atom stereocenters. The van der Waals surface area contributed by atoms with Crippen molar-refractivity contribution in [2.75, 3.05) is 18.4 Å². The predicted molar refractivity (Wildman–Crippen MR) is 114 cm³/mol. The summed E-state index contributed by atoms with van der Waals surface area (Å²) in [6, 6.07) is 11.5. The number of anilines is 1. The van der Waals surface area contributed by atoms with Crippen molar-refractivity contribution in [3.63, 3.8) is 0 Å². The molecule has 0 aliphatic heterocycles. The van der Waals surface area contributed by atoms with Crippen LogP contribution in [0.1, 0.15) is 35.3 Å². The van der Waals surface area contributed by atoms with Gasteiger partial charge in [-0.3, -0.25) is 10.1 Å². The number of carbonyl (C=O) groups is 1. The molecule has 0 unspecified atom stereocenters. The number of nitrogens with one attached hydrogen (secondary N) is 1. The molecule has 1 amide bonds. The Kier molecular flexibility index (Phi) is 6.33. The van der Waals surface area contributed by atoms with Crippen LogP contribution < -0.4 is 5.32 Å². The van der Waals surface area contributed by atoms with Crippen LogP contribution in [-0.4, -0.2) is 41.9 Å². The summed E-state index contributed by atoms with van der Waals surface area (Å²) in [6.07, 6.45) is 0. The van der Waals surface area contributed by atoms with Crippen molar-refractivity contribution in [2.45, 2.75) is 32.6 Å². The lowest BCUT2D eigenvalue weighted by Gasteiger charge is -2.18. The van der Waals surface area contributed by atoms with Gasteiger partial charge in [0.15, 0.2) is 0 Å². The van der Waals surface area contributed by atoms with E-state index < -0.39 is 15.9 Å². The zero-order valence-corrected chi connectivity index (χ0v) is 18.2. The van der Waals surface area contributed by atoms with Gasteiger partial charge in [-0.05, 0) is 61.4 Å². The molecule has 9 heteroatoms. The summed E-state index contributed by atoms with van der Waals surface area (Å²) in [7, 11) is -3.58. The second-order valence-electron chi connectivity index (χ2n) is 6.78. The summed E-state index contributed by atoms with van der Waals surface area (Å²) in [4.78, 5) is 12.6. The van der Waals surface area contributed by atoms with Crippen LogP contribution in [0, 0.1) is 13.8 Å². The molecule has 0 fully saturated rings. The van der Waals surface area contributed by atoms with Crippen LogP contribution >= 0.6 is 0 Å². The maximum absolute atomic E-state index is 12.5. The summed E-state index contributed by atoms with van der Waals surface area (Å²) in [6.45, 7) is 8.31. The van der Waals surface area contributed by atoms with E-state index in [4.69, 9.17) is 4.42 Å². The topological polar surface area (TPSA) is 105 Å². The second kappa shape index (κ2) is 8.76. The van der Waals surface area contributed by atoms with E-state index >= 15 is 0 Å². The van der Waals surface area contributed by atoms with Crippen molar-refractivity contribution in [1.82, 2.24) is 14.5 Å². The molecule has 0 aliphatic carbocycles. The number of nitrogens with zero attached hydrogens (tertiary/aromatic N) is 3. The van der Waals surface area contributed by atoms with Gasteiger partial charge in [0, 0.05) is 24.2 Å². The Bertz CT molecular complexity index is 1150. The molecule has 0 spiro atoms. The Hall–Kier alpha value is -3.04. The quantitative estimate of drug-likeness (QED) is 0.616. The molecule has 0 bridgehead atoms. The summed E-state index contributed by atoms with van der Waals surface area (Å²) in [5, 5.41) is 10.4. The Morgan fingerprint density at radius 1 is 1.00 bits per heavy atom. The maximum atomic E-state index is 12.5. The molecule has 8 nitrogen and oxygen atoms in total. The van der Waals surface area contributed by atoms with Gasteiger partial charge in [-0.15, -0.1) is 5.10 Å². The number of carbonyl (C=O) groups excluding carboxylic acids is 1. The molecular formula is C21H24N4O4S. The Morgan fingerprint density at radius 2 is 1.67 bits per heavy atom. The van der Waals surface area contributed by atoms with Gasteiger partial charge in [-0.2, -0.15) is 4.31 Å². The van der Waals surface area contributed by atoms with Crippen LogP contribution in [0.2, 0.25) is 0 Å². The minimum atomic E-state index is -3.58. The zero-order chi connectivity index (χ0) is 21.9. The van der Waals surface area contributed by atoms with Gasteiger partial charge < -0.3 is 4.42 Å². The summed E-state index contributed by atoms with van der Waals surface area (Å²) < 4.78 is 32.0. The van der Waals surface area contributed by atoms with Gasteiger partial charge in [-0.1, -0.05) is 25.0 Å². The van der Waals surface area contributed by atoms with Crippen LogP contribution in [0.25, 0.3) is 11.5 Å². The SMILES string of the molecule is CCN(CC)S(=O)(=O)c1ccc(C(=O)Nc2nnc(-c3ccc(C)c(C)c3)o2)cc1. The third-order valence-electron chi connectivity index (χ3n) is 4.86. The number of rotatable bonds is 7. The summed E-state index contributed by atoms with van der Waals surface area (Å²) in [5.41, 5.74) is 3.28. The van der Waals surface area contributed by atoms with Crippen molar-refractivity contribution in [1.29, 1.82) is 0 Å². The smallest absolute Gasteiger partial charge is 0.322 e. The van der Waals surface area contributed by atoms with Crippen molar-refractivity contribution in [2.24, 2.45) is 0 Å². The first-order chi connectivity index (χ1) is 14.3. The lowest BCUT2D eigenvalue weighted by atomic mass is 10.1. The number of benzene rings is 2. The molecule has 158 valence electrons. The summed E-state index contributed by atoms with van der Waals surface area (Å²) >= 11 is 0. The highest BCUT2D eigenvalue weighted by atomic mass is 32.2. The minimum Gasteiger partial charge on any atom is -0.403 e. The fraction of sp³-hybridized carbons (Fsp3) is 0.286. The Morgan fingerprint density at radius 3 is 2.27 bits per heavy atom. The van der Waals surface area contributed by atoms with E-state index in [2.05, 4.69) is 15.5 Å². The monoisotopic (exact) mass is 428 g/mol. The predicted octanol–water partition coefficient (Wildman–Crippen LogP) is 3.64. The molecule has 3 aromatic rings. The van der Waals surface area contributed by atoms with Gasteiger partial charge in [-0.25, -0.2) is 8.42 Å². The molecule has 0 radical (unpaired) electrons. The van der Waals surface area contributed by atoms with E-state index in [1.807, 2.05) is 32.0 Å². The number of aryl methyl sites for hydroxylation is 2. The molecule has 3 rings (SSSR count). The molecule has 2 aromatic carbocycles. The van der Waals surface area contributed by atoms with Crippen molar-refractivity contribution >= 4 is 21.9 Å². The Labute approximate surface area is 176 Å². The highest BCUT2D eigenvalue weighted by Gasteiger charge is 2.22. The number of hydrogen-bond donors (Lipinski definition) is 1. The molecule has 30 heavy (non-hydrogen) atoms. The highest BCUT2D eigenvalue weighted by molar-refractivity contribution is 7.89. The molecule has 0 aliphatic rings. The maximum Gasteiger partial charge on any atom is 0.322 e. The highest BCUT2D eigenvalue weighted by Crippen LogP contribution is 2.23. The van der Waals surface area contributed by atoms with Gasteiger partial charge in [0.1, 0.15) is 0 Å². The van der Waals surface area contributed by atoms with Crippen LogP contribution in [0.3, 0.4) is 0 Å². The van der Waals surface area contributed by atoms with Gasteiger partial charge in [0.05, 0.1) is 4.90 Å². The lowest BCUT2D eigenvalue weighted by Crippen LogP contribution is -2.30. The fourth-order valence-electron chi connectivity index (χ4n) is 2.93. The van der Waals surface area contributed by atoms with E-state index in [1.54, 1.807) is 13.8 Å². The second-order valence-corrected chi connectivity index (χ2v) is 8.72. The van der Waals surface area contributed by atoms with E-state index in [0.29, 0.717) is 19.0 Å². The first-order valence-electron chi connectivity index (χ1n) is 9.59. The normalized spacial score (nSPS) is 11.6. The van der Waals surface area contributed by atoms with Gasteiger partial charge in [0.25, 0.3) is 5.91 Å². The van der Waals surface area contributed by atoms with Gasteiger partial charge in [0.2, 0.25) is 15.9 Å². The first kappa shape index (κ1) is 21.7. The average Bonchev–Trinajstić information content (AvgIpc) is 3.19. The third-order valence-corrected chi connectivity index (χ3v) is 6.92. The first-order valence-corrected chi connectivity index (χ1v) is 11.0. The molecule has 1 aromatic heterocycles. The standard InChI is InChI=1S/C21H24N4O4S/c1-5-25(6-2)30(27,28)18-11-9-16(10-12-18)19(26)22-21-24-23-20(29-21)17-8-7-14(3)15(4)13-17/h7-13H,5-6H2,1-4H3,(H,22,24,26). The van der Waals surface area contributed by atoms with Crippen molar-refractivity contribution < 1.29 is 17.6 Å². The lowest BCUT2D eigenvalue weighted by molar-refractivity contribution is 0.102. The van der Waals surface area contributed by atoms with Crippen LogP contribution in [0.15, 0.2) is 51.8 Å². The molecule has 1 N–H and O–H groups in total. The van der Waals surface area contributed by atoms with E-state index in [0.717, 1.165) is 16.7 Å². The third kappa shape index (κ3) is 4.42. The van der Waals surface area contributed by atoms with Crippen LogP contribution in [0.5, 0.6) is 0 Å². The van der Waals surface area contributed by atoms with Crippen molar-refractivity contribution in [3.05, 3.63) is 59.2 Å². The average molecular weight is 429 g/mol.